The van der Waals surface area contributed by atoms with E-state index in [1.54, 1.807) is 12.1 Å². The molecule has 0 amide bonds. The van der Waals surface area contributed by atoms with E-state index in [1.165, 1.54) is 18.4 Å². The van der Waals surface area contributed by atoms with Crippen LogP contribution in [0.2, 0.25) is 0 Å². The maximum Gasteiger partial charge on any atom is 0.175 e. The minimum absolute atomic E-state index is 0.0347. The third-order valence-electron chi connectivity index (χ3n) is 3.92. The molecule has 0 bridgehead atoms. The molecule has 2 rings (SSSR count). The van der Waals surface area contributed by atoms with Crippen LogP contribution in [-0.2, 0) is 9.84 Å². The minimum Gasteiger partial charge on any atom is -0.492 e. The number of hydrogen-bond acceptors (Lipinski definition) is 5. The first-order valence-corrected chi connectivity index (χ1v) is 9.09. The molecule has 1 unspecified atom stereocenters. The van der Waals surface area contributed by atoms with Crippen LogP contribution in [0.3, 0.4) is 0 Å². The van der Waals surface area contributed by atoms with Crippen LogP contribution in [0.4, 0.5) is 0 Å². The van der Waals surface area contributed by atoms with E-state index in [2.05, 4.69) is 5.32 Å². The molecular weight excluding hydrogens is 290 g/mol. The highest BCUT2D eigenvalue weighted by Gasteiger charge is 2.45. The van der Waals surface area contributed by atoms with Crippen LogP contribution >= 0.6 is 0 Å². The van der Waals surface area contributed by atoms with E-state index in [4.69, 9.17) is 4.74 Å². The second-order valence-electron chi connectivity index (χ2n) is 5.65. The molecule has 1 aliphatic carbocycles. The predicted molar refractivity (Wildman–Crippen MR) is 81.3 cm³/mol. The van der Waals surface area contributed by atoms with Gasteiger partial charge in [-0.25, -0.2) is 8.42 Å². The van der Waals surface area contributed by atoms with Crippen molar-refractivity contribution in [2.24, 2.45) is 5.92 Å². The molecule has 0 spiro atoms. The number of likely N-dealkylation sites (N-methyl/N-ethyl adjacent to an activating group) is 1. The number of aliphatic hydroxyl groups is 1. The Labute approximate surface area is 126 Å². The smallest absolute Gasteiger partial charge is 0.175 e. The highest BCUT2D eigenvalue weighted by Crippen LogP contribution is 2.39. The summed E-state index contributed by atoms with van der Waals surface area (Å²) in [6.45, 7) is 3.19. The Balaban J connectivity index is 2.04. The summed E-state index contributed by atoms with van der Waals surface area (Å²) in [5.74, 6) is 1.05. The van der Waals surface area contributed by atoms with Gasteiger partial charge in [-0.15, -0.1) is 0 Å². The maximum atomic E-state index is 11.4. The lowest BCUT2D eigenvalue weighted by atomic mass is 9.95. The van der Waals surface area contributed by atoms with Gasteiger partial charge in [0.05, 0.1) is 17.0 Å². The SMILES string of the molecule is CCNC(CO)(COc1ccc(S(C)(=O)=O)cc1)C1CC1. The van der Waals surface area contributed by atoms with E-state index in [1.807, 2.05) is 6.92 Å². The number of aliphatic hydroxyl groups excluding tert-OH is 1. The van der Waals surface area contributed by atoms with Crippen LogP contribution in [0, 0.1) is 5.92 Å². The molecule has 21 heavy (non-hydrogen) atoms. The van der Waals surface area contributed by atoms with Crippen molar-refractivity contribution in [1.29, 1.82) is 0 Å². The van der Waals surface area contributed by atoms with Crippen molar-refractivity contribution in [3.63, 3.8) is 0 Å². The lowest BCUT2D eigenvalue weighted by Crippen LogP contribution is -2.55. The van der Waals surface area contributed by atoms with Crippen molar-refractivity contribution in [2.75, 3.05) is 26.0 Å². The summed E-state index contributed by atoms with van der Waals surface area (Å²) in [6.07, 6.45) is 3.38. The fourth-order valence-corrected chi connectivity index (χ4v) is 3.16. The molecule has 0 saturated heterocycles. The summed E-state index contributed by atoms with van der Waals surface area (Å²) in [6, 6.07) is 6.38. The third-order valence-corrected chi connectivity index (χ3v) is 5.05. The second kappa shape index (κ2) is 6.34. The summed E-state index contributed by atoms with van der Waals surface area (Å²) in [4.78, 5) is 0.275. The summed E-state index contributed by atoms with van der Waals surface area (Å²) >= 11 is 0. The second-order valence-corrected chi connectivity index (χ2v) is 7.67. The van der Waals surface area contributed by atoms with Crippen LogP contribution in [0.15, 0.2) is 29.2 Å². The largest absolute Gasteiger partial charge is 0.492 e. The topological polar surface area (TPSA) is 75.6 Å². The molecule has 1 aromatic rings. The lowest BCUT2D eigenvalue weighted by molar-refractivity contribution is 0.0864. The summed E-state index contributed by atoms with van der Waals surface area (Å²) in [5.41, 5.74) is -0.399. The molecule has 0 aromatic heterocycles. The number of rotatable bonds is 8. The fraction of sp³-hybridized carbons (Fsp3) is 0.600. The molecule has 1 saturated carbocycles. The van der Waals surface area contributed by atoms with Crippen molar-refractivity contribution in [1.82, 2.24) is 5.32 Å². The highest BCUT2D eigenvalue weighted by molar-refractivity contribution is 7.90. The highest BCUT2D eigenvalue weighted by atomic mass is 32.2. The number of nitrogens with one attached hydrogen (secondary N) is 1. The van der Waals surface area contributed by atoms with E-state index in [0.29, 0.717) is 18.3 Å². The van der Waals surface area contributed by atoms with Crippen LogP contribution in [0.1, 0.15) is 19.8 Å². The molecular formula is C15H23NO4S. The van der Waals surface area contributed by atoms with Gasteiger partial charge >= 0.3 is 0 Å². The van der Waals surface area contributed by atoms with Gasteiger partial charge in [-0.1, -0.05) is 6.92 Å². The van der Waals surface area contributed by atoms with Crippen molar-refractivity contribution < 1.29 is 18.3 Å². The molecule has 0 radical (unpaired) electrons. The minimum atomic E-state index is -3.19. The Morgan fingerprint density at radius 1 is 1.33 bits per heavy atom. The van der Waals surface area contributed by atoms with Crippen molar-refractivity contribution in [2.45, 2.75) is 30.2 Å². The van der Waals surface area contributed by atoms with Gasteiger partial charge in [0.15, 0.2) is 9.84 Å². The quantitative estimate of drug-likeness (QED) is 0.755. The first-order chi connectivity index (χ1) is 9.91. The Morgan fingerprint density at radius 3 is 2.38 bits per heavy atom. The monoisotopic (exact) mass is 313 g/mol. The number of benzene rings is 1. The maximum absolute atomic E-state index is 11.4. The van der Waals surface area contributed by atoms with Crippen LogP contribution < -0.4 is 10.1 Å². The van der Waals surface area contributed by atoms with Crippen LogP contribution in [0.5, 0.6) is 5.75 Å². The van der Waals surface area contributed by atoms with Gasteiger partial charge in [0.1, 0.15) is 12.4 Å². The number of sulfone groups is 1. The summed E-state index contributed by atoms with van der Waals surface area (Å²) in [5, 5.41) is 13.1. The van der Waals surface area contributed by atoms with Gasteiger partial charge in [0, 0.05) is 6.26 Å². The van der Waals surface area contributed by atoms with E-state index in [-0.39, 0.29) is 11.5 Å². The molecule has 1 fully saturated rings. The molecule has 1 aromatic carbocycles. The van der Waals surface area contributed by atoms with Crippen molar-refractivity contribution in [3.8, 4) is 5.75 Å². The van der Waals surface area contributed by atoms with E-state index in [9.17, 15) is 13.5 Å². The molecule has 1 atom stereocenters. The van der Waals surface area contributed by atoms with E-state index >= 15 is 0 Å². The van der Waals surface area contributed by atoms with Crippen molar-refractivity contribution >= 4 is 9.84 Å². The molecule has 118 valence electrons. The summed E-state index contributed by atoms with van der Waals surface area (Å²) < 4.78 is 28.6. The normalized spacial score (nSPS) is 18.2. The molecule has 1 aliphatic rings. The zero-order valence-corrected chi connectivity index (χ0v) is 13.3. The number of ether oxygens (including phenoxy) is 1. The van der Waals surface area contributed by atoms with Gasteiger partial charge in [0.25, 0.3) is 0 Å². The van der Waals surface area contributed by atoms with Gasteiger partial charge in [-0.3, -0.25) is 0 Å². The third kappa shape index (κ3) is 3.96. The first-order valence-electron chi connectivity index (χ1n) is 7.20. The lowest BCUT2D eigenvalue weighted by Gasteiger charge is -2.32. The fourth-order valence-electron chi connectivity index (χ4n) is 2.53. The average Bonchev–Trinajstić information content (AvgIpc) is 3.28. The zero-order chi connectivity index (χ0) is 15.5. The Bertz CT molecular complexity index is 566. The average molecular weight is 313 g/mol. The Kier molecular flexibility index (Phi) is 4.91. The molecule has 0 aliphatic heterocycles. The van der Waals surface area contributed by atoms with Gasteiger partial charge in [-0.2, -0.15) is 0 Å². The van der Waals surface area contributed by atoms with Crippen molar-refractivity contribution in [3.05, 3.63) is 24.3 Å². The predicted octanol–water partition coefficient (Wildman–Crippen LogP) is 1.22. The van der Waals surface area contributed by atoms with E-state index in [0.717, 1.165) is 19.4 Å². The molecule has 5 nitrogen and oxygen atoms in total. The van der Waals surface area contributed by atoms with Gasteiger partial charge in [-0.05, 0) is 49.6 Å². The molecule has 2 N–H and O–H groups in total. The molecule has 6 heteroatoms. The van der Waals surface area contributed by atoms with E-state index < -0.39 is 15.4 Å². The van der Waals surface area contributed by atoms with Crippen LogP contribution in [-0.4, -0.2) is 45.1 Å². The van der Waals surface area contributed by atoms with Gasteiger partial charge < -0.3 is 15.2 Å². The van der Waals surface area contributed by atoms with Crippen LogP contribution in [0.25, 0.3) is 0 Å². The number of hydrogen-bond donors (Lipinski definition) is 2. The Morgan fingerprint density at radius 2 is 1.95 bits per heavy atom. The first kappa shape index (κ1) is 16.3. The zero-order valence-electron chi connectivity index (χ0n) is 12.5. The standard InChI is InChI=1S/C15H23NO4S/c1-3-16-15(10-17,12-4-5-12)11-20-13-6-8-14(9-7-13)21(2,18)19/h6-9,12,16-17H,3-5,10-11H2,1-2H3. The summed E-state index contributed by atoms with van der Waals surface area (Å²) in [7, 11) is -3.19. The van der Waals surface area contributed by atoms with Gasteiger partial charge in [0.2, 0.25) is 0 Å². The Hall–Kier alpha value is -1.11. The molecule has 0 heterocycles.